The highest BCUT2D eigenvalue weighted by Gasteiger charge is 2.35. The van der Waals surface area contributed by atoms with Crippen LogP contribution in [0, 0.1) is 0 Å². The minimum Gasteiger partial charge on any atom is -0.488 e. The molecule has 1 aromatic carbocycles. The number of hydrogen-bond donors (Lipinski definition) is 1. The van der Waals surface area contributed by atoms with E-state index in [1.54, 1.807) is 25.1 Å². The van der Waals surface area contributed by atoms with E-state index in [9.17, 15) is 13.5 Å². The average molecular weight is 242 g/mol. The molecular formula is C11H14O4S. The minimum atomic E-state index is -2.87. The maximum atomic E-state index is 11.0. The fraction of sp³-hybridized carbons (Fsp3) is 0.455. The van der Waals surface area contributed by atoms with Crippen LogP contribution in [0.2, 0.25) is 0 Å². The number of aliphatic hydroxyl groups is 1. The zero-order valence-corrected chi connectivity index (χ0v) is 9.78. The first-order valence-electron chi connectivity index (χ1n) is 5.12. The SMILES string of the molecule is CC(O)c1ccccc1OC1CS(=O)(=O)C1. The number of aliphatic hydroxyl groups excluding tert-OH is 1. The van der Waals surface area contributed by atoms with Crippen LogP contribution in [0.4, 0.5) is 0 Å². The predicted octanol–water partition coefficient (Wildman–Crippen LogP) is 0.916. The molecule has 0 aromatic heterocycles. The summed E-state index contributed by atoms with van der Waals surface area (Å²) >= 11 is 0. The van der Waals surface area contributed by atoms with E-state index in [1.807, 2.05) is 6.07 Å². The van der Waals surface area contributed by atoms with Gasteiger partial charge in [0.05, 0.1) is 17.6 Å². The van der Waals surface area contributed by atoms with Crippen LogP contribution in [0.25, 0.3) is 0 Å². The van der Waals surface area contributed by atoms with Gasteiger partial charge in [-0.25, -0.2) is 8.42 Å². The van der Waals surface area contributed by atoms with Crippen molar-refractivity contribution in [1.82, 2.24) is 0 Å². The van der Waals surface area contributed by atoms with Crippen molar-refractivity contribution in [1.29, 1.82) is 0 Å². The Morgan fingerprint density at radius 1 is 1.38 bits per heavy atom. The Kier molecular flexibility index (Phi) is 2.90. The second-order valence-electron chi connectivity index (χ2n) is 4.03. The van der Waals surface area contributed by atoms with Gasteiger partial charge in [-0.3, -0.25) is 0 Å². The van der Waals surface area contributed by atoms with E-state index in [4.69, 9.17) is 4.74 Å². The lowest BCUT2D eigenvalue weighted by molar-refractivity contribution is 0.180. The van der Waals surface area contributed by atoms with Gasteiger partial charge in [-0.15, -0.1) is 0 Å². The summed E-state index contributed by atoms with van der Waals surface area (Å²) in [5.74, 6) is 0.708. The molecule has 1 N–H and O–H groups in total. The van der Waals surface area contributed by atoms with E-state index in [0.717, 1.165) is 0 Å². The van der Waals surface area contributed by atoms with E-state index in [0.29, 0.717) is 11.3 Å². The van der Waals surface area contributed by atoms with Gasteiger partial charge in [-0.05, 0) is 13.0 Å². The van der Waals surface area contributed by atoms with E-state index in [1.165, 1.54) is 0 Å². The molecular weight excluding hydrogens is 228 g/mol. The smallest absolute Gasteiger partial charge is 0.157 e. The Morgan fingerprint density at radius 2 is 2.00 bits per heavy atom. The molecule has 88 valence electrons. The first kappa shape index (κ1) is 11.4. The third kappa shape index (κ3) is 2.36. The molecule has 1 heterocycles. The molecule has 2 rings (SSSR count). The Labute approximate surface area is 94.8 Å². The van der Waals surface area contributed by atoms with Gasteiger partial charge in [-0.2, -0.15) is 0 Å². The second-order valence-corrected chi connectivity index (χ2v) is 6.18. The van der Waals surface area contributed by atoms with Gasteiger partial charge in [0.1, 0.15) is 11.9 Å². The number of ether oxygens (including phenoxy) is 1. The van der Waals surface area contributed by atoms with Crippen molar-refractivity contribution in [2.75, 3.05) is 11.5 Å². The maximum Gasteiger partial charge on any atom is 0.157 e. The largest absolute Gasteiger partial charge is 0.488 e. The number of para-hydroxylation sites is 1. The highest BCUT2D eigenvalue weighted by molar-refractivity contribution is 7.92. The predicted molar refractivity (Wildman–Crippen MR) is 60.1 cm³/mol. The Morgan fingerprint density at radius 3 is 2.56 bits per heavy atom. The van der Waals surface area contributed by atoms with Gasteiger partial charge in [0.15, 0.2) is 9.84 Å². The van der Waals surface area contributed by atoms with Gasteiger partial charge < -0.3 is 9.84 Å². The molecule has 1 unspecified atom stereocenters. The molecule has 16 heavy (non-hydrogen) atoms. The topological polar surface area (TPSA) is 63.6 Å². The van der Waals surface area contributed by atoms with Crippen molar-refractivity contribution in [2.24, 2.45) is 0 Å². The van der Waals surface area contributed by atoms with Crippen LogP contribution in [0.3, 0.4) is 0 Å². The van der Waals surface area contributed by atoms with Crippen LogP contribution in [-0.4, -0.2) is 31.1 Å². The summed E-state index contributed by atoms with van der Waals surface area (Å²) in [6.07, 6.45) is -0.891. The monoisotopic (exact) mass is 242 g/mol. The summed E-state index contributed by atoms with van der Waals surface area (Å²) in [6, 6.07) is 7.13. The zero-order chi connectivity index (χ0) is 11.8. The van der Waals surface area contributed by atoms with Crippen LogP contribution in [-0.2, 0) is 9.84 Å². The average Bonchev–Trinajstić information content (AvgIpc) is 2.15. The molecule has 0 bridgehead atoms. The van der Waals surface area contributed by atoms with Crippen LogP contribution >= 0.6 is 0 Å². The molecule has 1 aromatic rings. The maximum absolute atomic E-state index is 11.0. The standard InChI is InChI=1S/C11H14O4S/c1-8(12)10-4-2-3-5-11(10)15-9-6-16(13,14)7-9/h2-5,8-9,12H,6-7H2,1H3. The Bertz CT molecular complexity index is 467. The zero-order valence-electron chi connectivity index (χ0n) is 8.96. The second kappa shape index (κ2) is 4.07. The van der Waals surface area contributed by atoms with Crippen molar-refractivity contribution in [2.45, 2.75) is 19.1 Å². The molecule has 0 saturated carbocycles. The van der Waals surface area contributed by atoms with Crippen molar-refractivity contribution in [3.63, 3.8) is 0 Å². The minimum absolute atomic E-state index is 0.0706. The normalized spacial score (nSPS) is 21.1. The third-order valence-electron chi connectivity index (χ3n) is 2.54. The van der Waals surface area contributed by atoms with E-state index >= 15 is 0 Å². The first-order chi connectivity index (χ1) is 7.48. The van der Waals surface area contributed by atoms with E-state index < -0.39 is 15.9 Å². The summed E-state index contributed by atoms with van der Waals surface area (Å²) in [4.78, 5) is 0. The number of rotatable bonds is 3. The van der Waals surface area contributed by atoms with Gasteiger partial charge in [0, 0.05) is 5.56 Å². The lowest BCUT2D eigenvalue weighted by Gasteiger charge is -2.27. The van der Waals surface area contributed by atoms with Crippen LogP contribution in [0.15, 0.2) is 24.3 Å². The Balaban J connectivity index is 2.10. The summed E-state index contributed by atoms with van der Waals surface area (Å²) in [5.41, 5.74) is 0.687. The fourth-order valence-electron chi connectivity index (χ4n) is 1.70. The van der Waals surface area contributed by atoms with Crippen LogP contribution in [0.5, 0.6) is 5.75 Å². The first-order valence-corrected chi connectivity index (χ1v) is 6.94. The van der Waals surface area contributed by atoms with Crippen LogP contribution in [0.1, 0.15) is 18.6 Å². The van der Waals surface area contributed by atoms with Crippen molar-refractivity contribution in [3.8, 4) is 5.75 Å². The lowest BCUT2D eigenvalue weighted by atomic mass is 10.1. The number of hydrogen-bond acceptors (Lipinski definition) is 4. The van der Waals surface area contributed by atoms with Gasteiger partial charge in [0.25, 0.3) is 0 Å². The molecule has 0 aliphatic carbocycles. The molecule has 1 saturated heterocycles. The van der Waals surface area contributed by atoms with Crippen molar-refractivity contribution in [3.05, 3.63) is 29.8 Å². The Hall–Kier alpha value is -1.07. The highest BCUT2D eigenvalue weighted by atomic mass is 32.2. The molecule has 5 heteroatoms. The van der Waals surface area contributed by atoms with E-state index in [-0.39, 0.29) is 17.6 Å². The molecule has 0 spiro atoms. The van der Waals surface area contributed by atoms with Crippen molar-refractivity contribution >= 4 is 9.84 Å². The third-order valence-corrected chi connectivity index (χ3v) is 4.30. The molecule has 1 aliphatic rings. The van der Waals surface area contributed by atoms with E-state index in [2.05, 4.69) is 0 Å². The number of benzene rings is 1. The fourth-order valence-corrected chi connectivity index (χ4v) is 2.87. The summed E-state index contributed by atoms with van der Waals surface area (Å²) in [7, 11) is -2.87. The molecule has 1 aliphatic heterocycles. The summed E-state index contributed by atoms with van der Waals surface area (Å²) < 4.78 is 27.5. The molecule has 0 radical (unpaired) electrons. The van der Waals surface area contributed by atoms with Gasteiger partial charge >= 0.3 is 0 Å². The summed E-state index contributed by atoms with van der Waals surface area (Å²) in [6.45, 7) is 1.65. The lowest BCUT2D eigenvalue weighted by Crippen LogP contribution is -2.45. The molecule has 1 atom stereocenters. The molecule has 1 fully saturated rings. The molecule has 0 amide bonds. The van der Waals surface area contributed by atoms with Gasteiger partial charge in [-0.1, -0.05) is 18.2 Å². The van der Waals surface area contributed by atoms with Crippen LogP contribution < -0.4 is 4.74 Å². The quantitative estimate of drug-likeness (QED) is 0.856. The summed E-state index contributed by atoms with van der Waals surface area (Å²) in [5, 5.41) is 9.51. The molecule has 4 nitrogen and oxygen atoms in total. The van der Waals surface area contributed by atoms with Crippen molar-refractivity contribution < 1.29 is 18.3 Å². The highest BCUT2D eigenvalue weighted by Crippen LogP contribution is 2.27. The van der Waals surface area contributed by atoms with Gasteiger partial charge in [0.2, 0.25) is 0 Å². The number of sulfone groups is 1.